The fraction of sp³-hybridized carbons (Fsp3) is 0.421. The van der Waals surface area contributed by atoms with Crippen LogP contribution < -0.4 is 0 Å². The third kappa shape index (κ3) is 1.95. The zero-order valence-corrected chi connectivity index (χ0v) is 13.6. The standard InChI is InChI=1S/C19H20N2S/c1-2-6-14-11-15(10-9-13(14)5-1)16-12-21-17-7-3-4-8-18(17)22-19(21)20-16/h9-12H,1-8H2. The van der Waals surface area contributed by atoms with Crippen molar-refractivity contribution in [3.63, 3.8) is 0 Å². The van der Waals surface area contributed by atoms with Crippen molar-refractivity contribution in [1.82, 2.24) is 9.38 Å². The molecular formula is C19H20N2S. The maximum absolute atomic E-state index is 4.92. The fourth-order valence-corrected chi connectivity index (χ4v) is 5.19. The Kier molecular flexibility index (Phi) is 2.90. The normalized spacial score (nSPS) is 17.5. The Labute approximate surface area is 134 Å². The Hall–Kier alpha value is -1.61. The van der Waals surface area contributed by atoms with E-state index in [1.807, 2.05) is 11.3 Å². The second-order valence-electron chi connectivity index (χ2n) is 6.65. The van der Waals surface area contributed by atoms with Crippen LogP contribution in [-0.2, 0) is 25.7 Å². The molecule has 5 rings (SSSR count). The molecule has 1 aromatic carbocycles. The van der Waals surface area contributed by atoms with E-state index in [4.69, 9.17) is 4.98 Å². The van der Waals surface area contributed by atoms with Gasteiger partial charge < -0.3 is 0 Å². The van der Waals surface area contributed by atoms with Gasteiger partial charge in [0, 0.05) is 22.3 Å². The molecule has 0 fully saturated rings. The van der Waals surface area contributed by atoms with Gasteiger partial charge in [0.05, 0.1) is 5.69 Å². The molecule has 0 radical (unpaired) electrons. The molecule has 0 N–H and O–H groups in total. The predicted molar refractivity (Wildman–Crippen MR) is 91.8 cm³/mol. The molecule has 0 aliphatic heterocycles. The van der Waals surface area contributed by atoms with E-state index in [9.17, 15) is 0 Å². The van der Waals surface area contributed by atoms with Crippen LogP contribution in [0.1, 0.15) is 47.4 Å². The number of aromatic nitrogens is 2. The van der Waals surface area contributed by atoms with E-state index in [1.165, 1.54) is 67.6 Å². The van der Waals surface area contributed by atoms with Crippen molar-refractivity contribution in [3.8, 4) is 11.3 Å². The highest BCUT2D eigenvalue weighted by Gasteiger charge is 2.18. The van der Waals surface area contributed by atoms with Crippen molar-refractivity contribution < 1.29 is 0 Å². The summed E-state index contributed by atoms with van der Waals surface area (Å²) in [4.78, 5) is 7.66. The number of imidazole rings is 1. The summed E-state index contributed by atoms with van der Waals surface area (Å²) in [6.45, 7) is 0. The van der Waals surface area contributed by atoms with Crippen LogP contribution in [-0.4, -0.2) is 9.38 Å². The number of hydrogen-bond acceptors (Lipinski definition) is 2. The number of hydrogen-bond donors (Lipinski definition) is 0. The summed E-state index contributed by atoms with van der Waals surface area (Å²) in [5.41, 5.74) is 7.05. The monoisotopic (exact) mass is 308 g/mol. The summed E-state index contributed by atoms with van der Waals surface area (Å²) >= 11 is 1.90. The zero-order chi connectivity index (χ0) is 14.5. The lowest BCUT2D eigenvalue weighted by molar-refractivity contribution is 0.674. The Morgan fingerprint density at radius 1 is 0.909 bits per heavy atom. The molecule has 2 heterocycles. The van der Waals surface area contributed by atoms with Gasteiger partial charge in [0.25, 0.3) is 0 Å². The van der Waals surface area contributed by atoms with E-state index in [1.54, 1.807) is 16.0 Å². The first kappa shape index (κ1) is 12.9. The molecule has 0 unspecified atom stereocenters. The van der Waals surface area contributed by atoms with Crippen LogP contribution in [0.2, 0.25) is 0 Å². The third-order valence-electron chi connectivity index (χ3n) is 5.21. The van der Waals surface area contributed by atoms with E-state index in [-0.39, 0.29) is 0 Å². The minimum absolute atomic E-state index is 1.15. The average Bonchev–Trinajstić information content (AvgIpc) is 3.12. The molecule has 0 saturated carbocycles. The van der Waals surface area contributed by atoms with Gasteiger partial charge in [-0.25, -0.2) is 4.98 Å². The maximum atomic E-state index is 4.92. The molecule has 0 amide bonds. The topological polar surface area (TPSA) is 17.3 Å². The van der Waals surface area contributed by atoms with Gasteiger partial charge in [0.2, 0.25) is 0 Å². The smallest absolute Gasteiger partial charge is 0.194 e. The van der Waals surface area contributed by atoms with Crippen molar-refractivity contribution >= 4 is 16.3 Å². The first-order valence-corrected chi connectivity index (χ1v) is 9.32. The van der Waals surface area contributed by atoms with E-state index >= 15 is 0 Å². The van der Waals surface area contributed by atoms with Gasteiger partial charge in [-0.1, -0.05) is 12.1 Å². The van der Waals surface area contributed by atoms with Crippen molar-refractivity contribution in [2.75, 3.05) is 0 Å². The number of nitrogens with zero attached hydrogens (tertiary/aromatic N) is 2. The molecule has 3 heteroatoms. The molecule has 0 spiro atoms. The van der Waals surface area contributed by atoms with Gasteiger partial charge in [-0.2, -0.15) is 0 Å². The van der Waals surface area contributed by atoms with Crippen molar-refractivity contribution in [3.05, 3.63) is 46.1 Å². The van der Waals surface area contributed by atoms with E-state index < -0.39 is 0 Å². The lowest BCUT2D eigenvalue weighted by Crippen LogP contribution is -2.02. The summed E-state index contributed by atoms with van der Waals surface area (Å²) in [7, 11) is 0. The van der Waals surface area contributed by atoms with Gasteiger partial charge in [-0.3, -0.25) is 4.40 Å². The van der Waals surface area contributed by atoms with Crippen molar-refractivity contribution in [1.29, 1.82) is 0 Å². The highest BCUT2D eigenvalue weighted by molar-refractivity contribution is 7.17. The summed E-state index contributed by atoms with van der Waals surface area (Å²) in [6, 6.07) is 6.98. The SMILES string of the molecule is c1cc2c(cc1-c1cn3c4c(sc3n1)CCCC4)CCCC2. The molecule has 2 aliphatic rings. The molecule has 22 heavy (non-hydrogen) atoms. The molecule has 0 bridgehead atoms. The summed E-state index contributed by atoms with van der Waals surface area (Å²) in [5, 5.41) is 0. The third-order valence-corrected chi connectivity index (χ3v) is 6.37. The first-order chi connectivity index (χ1) is 10.9. The lowest BCUT2D eigenvalue weighted by atomic mass is 9.90. The van der Waals surface area contributed by atoms with Crippen molar-refractivity contribution in [2.24, 2.45) is 0 Å². The van der Waals surface area contributed by atoms with Crippen LogP contribution in [0.4, 0.5) is 0 Å². The molecule has 2 aromatic heterocycles. The maximum Gasteiger partial charge on any atom is 0.194 e. The van der Waals surface area contributed by atoms with Crippen LogP contribution >= 0.6 is 11.3 Å². The average molecular weight is 308 g/mol. The van der Waals surface area contributed by atoms with Crippen LogP contribution in [0, 0.1) is 0 Å². The van der Waals surface area contributed by atoms with Gasteiger partial charge >= 0.3 is 0 Å². The minimum atomic E-state index is 1.15. The summed E-state index contributed by atoms with van der Waals surface area (Å²) in [5.74, 6) is 0. The Morgan fingerprint density at radius 2 is 1.73 bits per heavy atom. The molecule has 3 aromatic rings. The fourth-order valence-electron chi connectivity index (χ4n) is 4.00. The van der Waals surface area contributed by atoms with Crippen molar-refractivity contribution in [2.45, 2.75) is 51.4 Å². The second-order valence-corrected chi connectivity index (χ2v) is 7.71. The molecule has 0 atom stereocenters. The first-order valence-electron chi connectivity index (χ1n) is 8.50. The highest BCUT2D eigenvalue weighted by atomic mass is 32.1. The number of benzene rings is 1. The van der Waals surface area contributed by atoms with Crippen LogP contribution in [0.15, 0.2) is 24.4 Å². The number of thiazole rings is 1. The zero-order valence-electron chi connectivity index (χ0n) is 12.8. The molecule has 112 valence electrons. The summed E-state index contributed by atoms with van der Waals surface area (Å²) in [6.07, 6.45) is 12.6. The highest BCUT2D eigenvalue weighted by Crippen LogP contribution is 2.33. The number of aryl methyl sites for hydroxylation is 4. The predicted octanol–water partition coefficient (Wildman–Crippen LogP) is 4.82. The summed E-state index contributed by atoms with van der Waals surface area (Å²) < 4.78 is 2.36. The van der Waals surface area contributed by atoms with Gasteiger partial charge in [-0.05, 0) is 68.6 Å². The van der Waals surface area contributed by atoms with E-state index in [0.717, 1.165) is 5.69 Å². The van der Waals surface area contributed by atoms with Crippen LogP contribution in [0.5, 0.6) is 0 Å². The van der Waals surface area contributed by atoms with Crippen LogP contribution in [0.3, 0.4) is 0 Å². The number of rotatable bonds is 1. The van der Waals surface area contributed by atoms with E-state index in [0.29, 0.717) is 0 Å². The quantitative estimate of drug-likeness (QED) is 0.630. The van der Waals surface area contributed by atoms with Gasteiger partial charge in [0.1, 0.15) is 0 Å². The van der Waals surface area contributed by atoms with E-state index in [2.05, 4.69) is 28.8 Å². The lowest BCUT2D eigenvalue weighted by Gasteiger charge is -2.16. The minimum Gasteiger partial charge on any atom is -0.294 e. The molecular weight excluding hydrogens is 288 g/mol. The van der Waals surface area contributed by atoms with Crippen LogP contribution in [0.25, 0.3) is 16.2 Å². The number of fused-ring (bicyclic) bond motifs is 4. The second kappa shape index (κ2) is 4.95. The Bertz CT molecular complexity index is 856. The Balaban J connectivity index is 1.60. The molecule has 2 nitrogen and oxygen atoms in total. The largest absolute Gasteiger partial charge is 0.294 e. The Morgan fingerprint density at radius 3 is 2.68 bits per heavy atom. The molecule has 2 aliphatic carbocycles. The van der Waals surface area contributed by atoms with Gasteiger partial charge in [-0.15, -0.1) is 11.3 Å². The van der Waals surface area contributed by atoms with Gasteiger partial charge in [0.15, 0.2) is 4.96 Å². The molecule has 0 saturated heterocycles.